The van der Waals surface area contributed by atoms with Gasteiger partial charge in [-0.2, -0.15) is 10.1 Å². The summed E-state index contributed by atoms with van der Waals surface area (Å²) in [5, 5.41) is 8.41. The van der Waals surface area contributed by atoms with E-state index in [-0.39, 0.29) is 11.5 Å². The van der Waals surface area contributed by atoms with Crippen LogP contribution < -0.4 is 0 Å². The highest BCUT2D eigenvalue weighted by molar-refractivity contribution is 5.10. The molecule has 3 rings (SSSR count). The summed E-state index contributed by atoms with van der Waals surface area (Å²) in [7, 11) is 0. The number of aromatic nitrogens is 4. The molecule has 0 N–H and O–H groups in total. The number of rotatable bonds is 4. The normalized spacial score (nSPS) is 20.1. The van der Waals surface area contributed by atoms with Crippen molar-refractivity contribution in [2.24, 2.45) is 0 Å². The van der Waals surface area contributed by atoms with Crippen LogP contribution in [-0.2, 0) is 23.2 Å². The molecule has 0 amide bonds. The molecule has 1 atom stereocenters. The molecule has 2 aromatic rings. The van der Waals surface area contributed by atoms with Crippen LogP contribution in [0.4, 0.5) is 0 Å². The van der Waals surface area contributed by atoms with Gasteiger partial charge in [-0.1, -0.05) is 25.9 Å². The average Bonchev–Trinajstić information content (AvgIpc) is 3.15. The maximum absolute atomic E-state index is 5.89. The summed E-state index contributed by atoms with van der Waals surface area (Å²) in [6.45, 7) is 12.2. The highest BCUT2D eigenvalue weighted by Gasteiger charge is 2.26. The molecule has 1 unspecified atom stereocenters. The van der Waals surface area contributed by atoms with Crippen LogP contribution in [0.5, 0.6) is 0 Å². The second kappa shape index (κ2) is 6.41. The molecule has 0 aliphatic carbocycles. The molecule has 0 bridgehead atoms. The quantitative estimate of drug-likeness (QED) is 0.860. The van der Waals surface area contributed by atoms with Gasteiger partial charge in [0.15, 0.2) is 5.82 Å². The van der Waals surface area contributed by atoms with Crippen molar-refractivity contribution in [2.75, 3.05) is 19.7 Å². The van der Waals surface area contributed by atoms with Crippen molar-refractivity contribution in [3.05, 3.63) is 29.7 Å². The van der Waals surface area contributed by atoms with Crippen LogP contribution in [0.2, 0.25) is 0 Å². The number of morpholine rings is 1. The molecule has 126 valence electrons. The molecule has 1 fully saturated rings. The second-order valence-electron chi connectivity index (χ2n) is 6.99. The number of hydrogen-bond acceptors (Lipinski definition) is 6. The summed E-state index contributed by atoms with van der Waals surface area (Å²) >= 11 is 0. The number of ether oxygens (including phenoxy) is 1. The Labute approximate surface area is 136 Å². The van der Waals surface area contributed by atoms with Gasteiger partial charge in [0.25, 0.3) is 0 Å². The SMILES string of the molecule is CCn1cc(C2CN(Cc3nc(C(C)(C)C)no3)CCO2)cn1. The fraction of sp³-hybridized carbons (Fsp3) is 0.688. The van der Waals surface area contributed by atoms with E-state index in [1.54, 1.807) is 0 Å². The Morgan fingerprint density at radius 1 is 1.35 bits per heavy atom. The van der Waals surface area contributed by atoms with Crippen LogP contribution in [0.1, 0.15) is 51.1 Å². The smallest absolute Gasteiger partial charge is 0.240 e. The molecule has 7 heteroatoms. The van der Waals surface area contributed by atoms with Crippen LogP contribution >= 0.6 is 0 Å². The monoisotopic (exact) mass is 319 g/mol. The first-order chi connectivity index (χ1) is 11.0. The zero-order valence-electron chi connectivity index (χ0n) is 14.3. The van der Waals surface area contributed by atoms with E-state index in [0.717, 1.165) is 31.0 Å². The van der Waals surface area contributed by atoms with Crippen LogP contribution in [0.25, 0.3) is 0 Å². The lowest BCUT2D eigenvalue weighted by Crippen LogP contribution is -2.37. The summed E-state index contributed by atoms with van der Waals surface area (Å²) in [5.41, 5.74) is 1.03. The fourth-order valence-corrected chi connectivity index (χ4v) is 2.58. The van der Waals surface area contributed by atoms with Crippen molar-refractivity contribution in [1.82, 2.24) is 24.8 Å². The van der Waals surface area contributed by atoms with Gasteiger partial charge in [-0.15, -0.1) is 0 Å². The van der Waals surface area contributed by atoms with Gasteiger partial charge >= 0.3 is 0 Å². The molecule has 7 nitrogen and oxygen atoms in total. The Hall–Kier alpha value is -1.73. The average molecular weight is 319 g/mol. The maximum atomic E-state index is 5.89. The lowest BCUT2D eigenvalue weighted by molar-refractivity contribution is -0.0356. The van der Waals surface area contributed by atoms with E-state index in [0.29, 0.717) is 19.0 Å². The molecular formula is C16H25N5O2. The predicted octanol–water partition coefficient (Wildman–Crippen LogP) is 2.16. The minimum atomic E-state index is -0.0932. The van der Waals surface area contributed by atoms with Crippen molar-refractivity contribution >= 4 is 0 Å². The summed E-state index contributed by atoms with van der Waals surface area (Å²) in [5.74, 6) is 1.42. The van der Waals surface area contributed by atoms with Crippen molar-refractivity contribution in [3.8, 4) is 0 Å². The first-order valence-corrected chi connectivity index (χ1v) is 8.15. The Bertz CT molecular complexity index is 643. The predicted molar refractivity (Wildman–Crippen MR) is 84.9 cm³/mol. The van der Waals surface area contributed by atoms with Gasteiger partial charge in [0.1, 0.15) is 0 Å². The highest BCUT2D eigenvalue weighted by atomic mass is 16.5. The zero-order chi connectivity index (χ0) is 16.4. The molecule has 0 saturated carbocycles. The molecule has 2 aromatic heterocycles. The first-order valence-electron chi connectivity index (χ1n) is 8.15. The van der Waals surface area contributed by atoms with E-state index >= 15 is 0 Å². The van der Waals surface area contributed by atoms with E-state index < -0.39 is 0 Å². The summed E-state index contributed by atoms with van der Waals surface area (Å²) < 4.78 is 13.2. The van der Waals surface area contributed by atoms with Gasteiger partial charge < -0.3 is 9.26 Å². The van der Waals surface area contributed by atoms with Crippen molar-refractivity contribution in [1.29, 1.82) is 0 Å². The van der Waals surface area contributed by atoms with Gasteiger partial charge in [-0.25, -0.2) is 0 Å². The van der Waals surface area contributed by atoms with E-state index in [4.69, 9.17) is 9.26 Å². The first kappa shape index (κ1) is 16.1. The highest BCUT2D eigenvalue weighted by Crippen LogP contribution is 2.23. The van der Waals surface area contributed by atoms with E-state index in [9.17, 15) is 0 Å². The molecule has 1 saturated heterocycles. The second-order valence-corrected chi connectivity index (χ2v) is 6.99. The van der Waals surface area contributed by atoms with E-state index in [1.807, 2.05) is 10.9 Å². The van der Waals surface area contributed by atoms with Gasteiger partial charge in [-0.05, 0) is 6.92 Å². The third-order valence-corrected chi connectivity index (χ3v) is 4.00. The summed E-state index contributed by atoms with van der Waals surface area (Å²) in [6, 6.07) is 0. The Morgan fingerprint density at radius 3 is 2.83 bits per heavy atom. The summed E-state index contributed by atoms with van der Waals surface area (Å²) in [4.78, 5) is 6.80. The van der Waals surface area contributed by atoms with Crippen LogP contribution in [0.3, 0.4) is 0 Å². The third kappa shape index (κ3) is 3.79. The standard InChI is InChI=1S/C16H25N5O2/c1-5-21-9-12(8-17-21)13-10-20(6-7-22-13)11-14-18-15(19-23-14)16(2,3)4/h8-9,13H,5-7,10-11H2,1-4H3. The molecule has 23 heavy (non-hydrogen) atoms. The largest absolute Gasteiger partial charge is 0.371 e. The van der Waals surface area contributed by atoms with E-state index in [2.05, 4.69) is 54.0 Å². The van der Waals surface area contributed by atoms with Crippen LogP contribution in [0, 0.1) is 0 Å². The fourth-order valence-electron chi connectivity index (χ4n) is 2.58. The van der Waals surface area contributed by atoms with Crippen molar-refractivity contribution < 1.29 is 9.26 Å². The lowest BCUT2D eigenvalue weighted by atomic mass is 9.96. The molecule has 0 spiro atoms. The Morgan fingerprint density at radius 2 is 2.17 bits per heavy atom. The van der Waals surface area contributed by atoms with Crippen molar-refractivity contribution in [2.45, 2.75) is 52.3 Å². The molecular weight excluding hydrogens is 294 g/mol. The molecule has 0 aromatic carbocycles. The van der Waals surface area contributed by atoms with Crippen LogP contribution in [0.15, 0.2) is 16.9 Å². The minimum absolute atomic E-state index is 0.0501. The number of nitrogens with zero attached hydrogens (tertiary/aromatic N) is 5. The van der Waals surface area contributed by atoms with Gasteiger partial charge in [-0.3, -0.25) is 9.58 Å². The summed E-state index contributed by atoms with van der Waals surface area (Å²) in [6.07, 6.45) is 4.00. The molecule has 3 heterocycles. The lowest BCUT2D eigenvalue weighted by Gasteiger charge is -2.31. The maximum Gasteiger partial charge on any atom is 0.240 e. The van der Waals surface area contributed by atoms with Gasteiger partial charge in [0.05, 0.1) is 25.5 Å². The molecule has 0 radical (unpaired) electrons. The van der Waals surface area contributed by atoms with Crippen molar-refractivity contribution in [3.63, 3.8) is 0 Å². The zero-order valence-corrected chi connectivity index (χ0v) is 14.3. The van der Waals surface area contributed by atoms with Gasteiger partial charge in [0, 0.05) is 36.8 Å². The molecule has 1 aliphatic rings. The topological polar surface area (TPSA) is 69.2 Å². The van der Waals surface area contributed by atoms with Crippen LogP contribution in [-0.4, -0.2) is 44.5 Å². The third-order valence-electron chi connectivity index (χ3n) is 4.00. The Balaban J connectivity index is 1.63. The number of hydrogen-bond donors (Lipinski definition) is 0. The minimum Gasteiger partial charge on any atom is -0.371 e. The van der Waals surface area contributed by atoms with Gasteiger partial charge in [0.2, 0.25) is 5.89 Å². The van der Waals surface area contributed by atoms with E-state index in [1.165, 1.54) is 0 Å². The number of aryl methyl sites for hydroxylation is 1. The Kier molecular flexibility index (Phi) is 4.50. The molecule has 1 aliphatic heterocycles.